The third-order valence-electron chi connectivity index (χ3n) is 1.12. The topological polar surface area (TPSA) is 26.0 Å². The Hall–Kier alpha value is -0.370. The molecule has 0 heterocycles. The second-order valence-electron chi connectivity index (χ2n) is 2.04. The molecular formula is C6H12FN. The highest BCUT2D eigenvalue weighted by atomic mass is 19.1. The van der Waals surface area contributed by atoms with Crippen molar-refractivity contribution >= 4 is 0 Å². The van der Waals surface area contributed by atoms with Gasteiger partial charge in [-0.25, -0.2) is 4.39 Å². The molecule has 0 spiro atoms. The summed E-state index contributed by atoms with van der Waals surface area (Å²) in [6.07, 6.45) is 0.588. The van der Waals surface area contributed by atoms with E-state index in [4.69, 9.17) is 5.73 Å². The number of halogens is 1. The minimum atomic E-state index is 0.241. The van der Waals surface area contributed by atoms with E-state index in [2.05, 4.69) is 0 Å². The van der Waals surface area contributed by atoms with Crippen LogP contribution in [0.25, 0.3) is 0 Å². The maximum atomic E-state index is 11.7. The Morgan fingerprint density at radius 2 is 2.25 bits per heavy atom. The van der Waals surface area contributed by atoms with Crippen LogP contribution in [0.3, 0.4) is 0 Å². The number of hydrogen-bond donors (Lipinski definition) is 1. The molecule has 0 bridgehead atoms. The SMILES string of the molecule is CC(C)/C(=C\F)CN. The van der Waals surface area contributed by atoms with Crippen molar-refractivity contribution in [3.63, 3.8) is 0 Å². The highest BCUT2D eigenvalue weighted by molar-refractivity contribution is 5.01. The van der Waals surface area contributed by atoms with Crippen LogP contribution in [0, 0.1) is 5.92 Å². The molecule has 0 atom stereocenters. The normalized spacial score (nSPS) is 12.9. The second-order valence-corrected chi connectivity index (χ2v) is 2.04. The lowest BCUT2D eigenvalue weighted by Gasteiger charge is -2.03. The monoisotopic (exact) mass is 117 g/mol. The van der Waals surface area contributed by atoms with Crippen molar-refractivity contribution in [3.05, 3.63) is 11.9 Å². The molecule has 0 aliphatic heterocycles. The van der Waals surface area contributed by atoms with Crippen molar-refractivity contribution in [2.45, 2.75) is 13.8 Å². The van der Waals surface area contributed by atoms with Gasteiger partial charge < -0.3 is 5.73 Å². The third kappa shape index (κ3) is 2.07. The van der Waals surface area contributed by atoms with E-state index in [1.54, 1.807) is 0 Å². The van der Waals surface area contributed by atoms with Gasteiger partial charge in [0.05, 0.1) is 6.33 Å². The number of nitrogens with two attached hydrogens (primary N) is 1. The fourth-order valence-electron chi connectivity index (χ4n) is 0.406. The lowest BCUT2D eigenvalue weighted by molar-refractivity contribution is 0.654. The first-order chi connectivity index (χ1) is 3.72. The lowest BCUT2D eigenvalue weighted by atomic mass is 10.1. The zero-order valence-corrected chi connectivity index (χ0v) is 5.32. The highest BCUT2D eigenvalue weighted by Crippen LogP contribution is 2.06. The van der Waals surface area contributed by atoms with Crippen molar-refractivity contribution in [1.29, 1.82) is 0 Å². The summed E-state index contributed by atoms with van der Waals surface area (Å²) >= 11 is 0. The fourth-order valence-corrected chi connectivity index (χ4v) is 0.406. The lowest BCUT2D eigenvalue weighted by Crippen LogP contribution is -2.07. The Labute approximate surface area is 49.4 Å². The summed E-state index contributed by atoms with van der Waals surface area (Å²) in [7, 11) is 0. The molecule has 0 aliphatic carbocycles. The molecule has 0 aromatic carbocycles. The van der Waals surface area contributed by atoms with Crippen molar-refractivity contribution in [2.24, 2.45) is 11.7 Å². The molecule has 0 fully saturated rings. The van der Waals surface area contributed by atoms with Gasteiger partial charge in [-0.05, 0) is 11.5 Å². The first kappa shape index (κ1) is 7.63. The molecule has 2 heteroatoms. The summed E-state index contributed by atoms with van der Waals surface area (Å²) in [5.41, 5.74) is 5.85. The maximum Gasteiger partial charge on any atom is 0.0874 e. The Balaban J connectivity index is 3.72. The van der Waals surface area contributed by atoms with Gasteiger partial charge in [-0.2, -0.15) is 0 Å². The zero-order chi connectivity index (χ0) is 6.57. The van der Waals surface area contributed by atoms with Crippen LogP contribution < -0.4 is 5.73 Å². The van der Waals surface area contributed by atoms with Gasteiger partial charge in [-0.15, -0.1) is 0 Å². The molecule has 0 aliphatic rings. The number of hydrogen-bond acceptors (Lipinski definition) is 1. The first-order valence-corrected chi connectivity index (χ1v) is 2.71. The van der Waals surface area contributed by atoms with Crippen molar-refractivity contribution in [3.8, 4) is 0 Å². The van der Waals surface area contributed by atoms with Gasteiger partial charge in [0.2, 0.25) is 0 Å². The average molecular weight is 117 g/mol. The van der Waals surface area contributed by atoms with Crippen molar-refractivity contribution < 1.29 is 4.39 Å². The van der Waals surface area contributed by atoms with Gasteiger partial charge >= 0.3 is 0 Å². The van der Waals surface area contributed by atoms with E-state index in [1.807, 2.05) is 13.8 Å². The van der Waals surface area contributed by atoms with Crippen molar-refractivity contribution in [1.82, 2.24) is 0 Å². The summed E-state index contributed by atoms with van der Waals surface area (Å²) in [5.74, 6) is 0.241. The van der Waals surface area contributed by atoms with Crippen LogP contribution in [0.5, 0.6) is 0 Å². The largest absolute Gasteiger partial charge is 0.327 e. The van der Waals surface area contributed by atoms with Crippen molar-refractivity contribution in [2.75, 3.05) is 6.54 Å². The molecule has 2 N–H and O–H groups in total. The van der Waals surface area contributed by atoms with Gasteiger partial charge in [0, 0.05) is 6.54 Å². The predicted octanol–water partition coefficient (Wildman–Crippen LogP) is 1.45. The van der Waals surface area contributed by atoms with Crippen LogP contribution in [-0.2, 0) is 0 Å². The molecule has 0 aromatic rings. The summed E-state index contributed by atoms with van der Waals surface area (Å²) in [6, 6.07) is 0. The summed E-state index contributed by atoms with van der Waals surface area (Å²) in [6.45, 7) is 4.16. The van der Waals surface area contributed by atoms with E-state index >= 15 is 0 Å². The predicted molar refractivity (Wildman–Crippen MR) is 33.1 cm³/mol. The van der Waals surface area contributed by atoms with Gasteiger partial charge in [0.1, 0.15) is 0 Å². The van der Waals surface area contributed by atoms with Crippen LogP contribution in [0.4, 0.5) is 4.39 Å². The van der Waals surface area contributed by atoms with E-state index in [0.29, 0.717) is 18.4 Å². The summed E-state index contributed by atoms with van der Waals surface area (Å²) in [5, 5.41) is 0. The maximum absolute atomic E-state index is 11.7. The fraction of sp³-hybridized carbons (Fsp3) is 0.667. The van der Waals surface area contributed by atoms with E-state index < -0.39 is 0 Å². The molecule has 1 nitrogen and oxygen atoms in total. The van der Waals surface area contributed by atoms with Gasteiger partial charge in [0.15, 0.2) is 0 Å². The Morgan fingerprint density at radius 3 is 2.25 bits per heavy atom. The van der Waals surface area contributed by atoms with E-state index in [-0.39, 0.29) is 5.92 Å². The third-order valence-corrected chi connectivity index (χ3v) is 1.12. The van der Waals surface area contributed by atoms with Gasteiger partial charge in [0.25, 0.3) is 0 Å². The average Bonchev–Trinajstić information content (AvgIpc) is 1.69. The van der Waals surface area contributed by atoms with Crippen LogP contribution >= 0.6 is 0 Å². The van der Waals surface area contributed by atoms with Gasteiger partial charge in [-0.1, -0.05) is 13.8 Å². The van der Waals surface area contributed by atoms with Crippen LogP contribution in [-0.4, -0.2) is 6.54 Å². The van der Waals surface area contributed by atoms with Crippen LogP contribution in [0.2, 0.25) is 0 Å². The molecule has 0 saturated carbocycles. The van der Waals surface area contributed by atoms with E-state index in [0.717, 1.165) is 0 Å². The van der Waals surface area contributed by atoms with E-state index in [9.17, 15) is 4.39 Å². The molecule has 0 radical (unpaired) electrons. The quantitative estimate of drug-likeness (QED) is 0.582. The molecule has 8 heavy (non-hydrogen) atoms. The first-order valence-electron chi connectivity index (χ1n) is 2.71. The van der Waals surface area contributed by atoms with E-state index in [1.165, 1.54) is 0 Å². The molecule has 48 valence electrons. The summed E-state index contributed by atoms with van der Waals surface area (Å²) < 4.78 is 11.7. The zero-order valence-electron chi connectivity index (χ0n) is 5.32. The Bertz CT molecular complexity index is 86.5. The Morgan fingerprint density at radius 1 is 1.75 bits per heavy atom. The molecule has 0 unspecified atom stereocenters. The molecule has 0 saturated heterocycles. The second kappa shape index (κ2) is 3.61. The summed E-state index contributed by atoms with van der Waals surface area (Å²) in [4.78, 5) is 0. The standard InChI is InChI=1S/C6H12FN/c1-5(2)6(3-7)4-8/h3,5H,4,8H2,1-2H3/b6-3-. The van der Waals surface area contributed by atoms with Crippen LogP contribution in [0.1, 0.15) is 13.8 Å². The molecule has 0 rings (SSSR count). The highest BCUT2D eigenvalue weighted by Gasteiger charge is 1.98. The molecular weight excluding hydrogens is 105 g/mol. The smallest absolute Gasteiger partial charge is 0.0874 e. The minimum absolute atomic E-state index is 0.241. The Kier molecular flexibility index (Phi) is 3.44. The minimum Gasteiger partial charge on any atom is -0.327 e. The molecule has 0 aromatic heterocycles. The van der Waals surface area contributed by atoms with Gasteiger partial charge in [-0.3, -0.25) is 0 Å². The molecule has 0 amide bonds. The number of rotatable bonds is 2. The van der Waals surface area contributed by atoms with Crippen LogP contribution in [0.15, 0.2) is 11.9 Å².